The molecule has 2 nitrogen and oxygen atoms in total. The van der Waals surface area contributed by atoms with Crippen LogP contribution < -0.4 is 5.32 Å². The normalized spacial score (nSPS) is 50.6. The van der Waals surface area contributed by atoms with E-state index in [4.69, 9.17) is 5.11 Å². The predicted molar refractivity (Wildman–Crippen MR) is 55.9 cm³/mol. The van der Waals surface area contributed by atoms with Crippen molar-refractivity contribution in [2.45, 2.75) is 44.8 Å². The van der Waals surface area contributed by atoms with E-state index in [0.29, 0.717) is 0 Å². The first-order valence-electron chi connectivity index (χ1n) is 6.19. The maximum Gasteiger partial charge on any atom is 0.0524 e. The molecule has 0 saturated heterocycles. The summed E-state index contributed by atoms with van der Waals surface area (Å²) < 4.78 is 0. The van der Waals surface area contributed by atoms with E-state index in [9.17, 15) is 0 Å². The summed E-state index contributed by atoms with van der Waals surface area (Å²) in [7, 11) is 0. The molecule has 3 fully saturated rings. The van der Waals surface area contributed by atoms with Crippen molar-refractivity contribution in [1.29, 1.82) is 0 Å². The van der Waals surface area contributed by atoms with E-state index in [1.165, 1.54) is 19.3 Å². The molecule has 0 aliphatic heterocycles. The van der Waals surface area contributed by atoms with Gasteiger partial charge in [0.25, 0.3) is 0 Å². The summed E-state index contributed by atoms with van der Waals surface area (Å²) in [5.41, 5.74) is 0. The van der Waals surface area contributed by atoms with Gasteiger partial charge in [0, 0.05) is 6.04 Å². The molecule has 0 heterocycles. The Morgan fingerprint density at radius 3 is 2.50 bits per heavy atom. The van der Waals surface area contributed by atoms with Gasteiger partial charge < -0.3 is 10.4 Å². The van der Waals surface area contributed by atoms with E-state index in [-0.39, 0.29) is 6.10 Å². The van der Waals surface area contributed by atoms with Crippen molar-refractivity contribution in [2.75, 3.05) is 6.54 Å². The Morgan fingerprint density at radius 2 is 1.93 bits per heavy atom. The standard InChI is InChI=1S/C12H21NO/c1-7(14)4-5-13-12-10-8-2-3-9(6-8)11(10)12/h7-14H,2-6H2,1H3. The van der Waals surface area contributed by atoms with Gasteiger partial charge in [0.2, 0.25) is 0 Å². The molecule has 2 heteroatoms. The van der Waals surface area contributed by atoms with Gasteiger partial charge in [0.05, 0.1) is 6.10 Å². The molecule has 2 bridgehead atoms. The van der Waals surface area contributed by atoms with E-state index in [1.54, 1.807) is 0 Å². The molecule has 3 rings (SSSR count). The quantitative estimate of drug-likeness (QED) is 0.710. The van der Waals surface area contributed by atoms with Gasteiger partial charge in [-0.3, -0.25) is 0 Å². The van der Waals surface area contributed by atoms with Crippen LogP contribution in [0.1, 0.15) is 32.6 Å². The molecule has 5 atom stereocenters. The highest BCUT2D eigenvalue weighted by atomic mass is 16.3. The zero-order valence-electron chi connectivity index (χ0n) is 8.95. The lowest BCUT2D eigenvalue weighted by molar-refractivity contribution is 0.183. The second-order valence-electron chi connectivity index (χ2n) is 5.61. The predicted octanol–water partition coefficient (Wildman–Crippen LogP) is 1.39. The first-order valence-corrected chi connectivity index (χ1v) is 6.19. The van der Waals surface area contributed by atoms with Crippen LogP contribution in [0.2, 0.25) is 0 Å². The maximum atomic E-state index is 9.16. The van der Waals surface area contributed by atoms with Crippen molar-refractivity contribution in [2.24, 2.45) is 23.7 Å². The van der Waals surface area contributed by atoms with Crippen LogP contribution in [0.5, 0.6) is 0 Å². The monoisotopic (exact) mass is 195 g/mol. The van der Waals surface area contributed by atoms with Crippen LogP contribution in [0.3, 0.4) is 0 Å². The van der Waals surface area contributed by atoms with E-state index >= 15 is 0 Å². The maximum absolute atomic E-state index is 9.16. The number of hydrogen-bond acceptors (Lipinski definition) is 2. The first-order chi connectivity index (χ1) is 6.77. The fourth-order valence-electron chi connectivity index (χ4n) is 4.06. The number of nitrogens with one attached hydrogen (secondary N) is 1. The molecule has 0 radical (unpaired) electrons. The molecule has 0 aromatic rings. The smallest absolute Gasteiger partial charge is 0.0524 e. The molecule has 3 saturated carbocycles. The van der Waals surface area contributed by atoms with Gasteiger partial charge in [-0.25, -0.2) is 0 Å². The van der Waals surface area contributed by atoms with E-state index in [0.717, 1.165) is 42.7 Å². The number of aliphatic hydroxyl groups excluding tert-OH is 1. The fraction of sp³-hybridized carbons (Fsp3) is 1.00. The van der Waals surface area contributed by atoms with E-state index in [2.05, 4.69) is 5.32 Å². The zero-order chi connectivity index (χ0) is 9.71. The molecule has 0 amide bonds. The number of rotatable bonds is 4. The summed E-state index contributed by atoms with van der Waals surface area (Å²) in [5.74, 6) is 4.19. The van der Waals surface area contributed by atoms with Crippen molar-refractivity contribution in [1.82, 2.24) is 5.32 Å². The molecule has 14 heavy (non-hydrogen) atoms. The molecular weight excluding hydrogens is 174 g/mol. The Bertz CT molecular complexity index is 212. The number of hydrogen-bond donors (Lipinski definition) is 2. The summed E-state index contributed by atoms with van der Waals surface area (Å²) in [4.78, 5) is 0. The van der Waals surface area contributed by atoms with Crippen LogP contribution in [0, 0.1) is 23.7 Å². The molecule has 80 valence electrons. The van der Waals surface area contributed by atoms with E-state index in [1.807, 2.05) is 6.92 Å². The Kier molecular flexibility index (Phi) is 2.10. The van der Waals surface area contributed by atoms with Gasteiger partial charge in [0.1, 0.15) is 0 Å². The third kappa shape index (κ3) is 1.31. The zero-order valence-corrected chi connectivity index (χ0v) is 8.95. The lowest BCUT2D eigenvalue weighted by Gasteiger charge is -2.11. The molecule has 0 aromatic carbocycles. The fourth-order valence-corrected chi connectivity index (χ4v) is 4.06. The van der Waals surface area contributed by atoms with E-state index < -0.39 is 0 Å². The van der Waals surface area contributed by atoms with Crippen molar-refractivity contribution < 1.29 is 5.11 Å². The van der Waals surface area contributed by atoms with Crippen molar-refractivity contribution >= 4 is 0 Å². The Labute approximate surface area is 86.1 Å². The summed E-state index contributed by atoms with van der Waals surface area (Å²) in [6, 6.07) is 0.833. The van der Waals surface area contributed by atoms with Crippen molar-refractivity contribution in [3.8, 4) is 0 Å². The topological polar surface area (TPSA) is 32.3 Å². The average Bonchev–Trinajstić information content (AvgIpc) is 2.57. The molecule has 3 aliphatic rings. The highest BCUT2D eigenvalue weighted by Crippen LogP contribution is 2.65. The highest BCUT2D eigenvalue weighted by molar-refractivity contribution is 5.16. The van der Waals surface area contributed by atoms with Crippen LogP contribution in [0.4, 0.5) is 0 Å². The van der Waals surface area contributed by atoms with Crippen LogP contribution in [-0.2, 0) is 0 Å². The minimum atomic E-state index is -0.141. The van der Waals surface area contributed by atoms with Crippen LogP contribution >= 0.6 is 0 Å². The lowest BCUT2D eigenvalue weighted by Crippen LogP contribution is -2.26. The Morgan fingerprint density at radius 1 is 1.29 bits per heavy atom. The largest absolute Gasteiger partial charge is 0.393 e. The summed E-state index contributed by atoms with van der Waals surface area (Å²) >= 11 is 0. The number of fused-ring (bicyclic) bond motifs is 5. The van der Waals surface area contributed by atoms with Crippen LogP contribution in [-0.4, -0.2) is 23.8 Å². The second kappa shape index (κ2) is 3.21. The highest BCUT2D eigenvalue weighted by Gasteiger charge is 2.64. The van der Waals surface area contributed by atoms with Crippen LogP contribution in [0.25, 0.3) is 0 Å². The SMILES string of the molecule is CC(O)CCNC1C2C3CCC(C3)C12. The Balaban J connectivity index is 1.45. The lowest BCUT2D eigenvalue weighted by atomic mass is 10.0. The van der Waals surface area contributed by atoms with Crippen LogP contribution in [0.15, 0.2) is 0 Å². The van der Waals surface area contributed by atoms with Gasteiger partial charge in [-0.1, -0.05) is 0 Å². The average molecular weight is 195 g/mol. The van der Waals surface area contributed by atoms with Crippen molar-refractivity contribution in [3.63, 3.8) is 0 Å². The van der Waals surface area contributed by atoms with Gasteiger partial charge >= 0.3 is 0 Å². The summed E-state index contributed by atoms with van der Waals surface area (Å²) in [5, 5.41) is 12.8. The summed E-state index contributed by atoms with van der Waals surface area (Å²) in [6.45, 7) is 2.88. The second-order valence-corrected chi connectivity index (χ2v) is 5.61. The van der Waals surface area contributed by atoms with Gasteiger partial charge in [-0.2, -0.15) is 0 Å². The van der Waals surface area contributed by atoms with Gasteiger partial charge in [0.15, 0.2) is 0 Å². The van der Waals surface area contributed by atoms with Crippen molar-refractivity contribution in [3.05, 3.63) is 0 Å². The molecule has 5 unspecified atom stereocenters. The first kappa shape index (κ1) is 9.17. The minimum absolute atomic E-state index is 0.141. The molecule has 0 aromatic heterocycles. The molecule has 2 N–H and O–H groups in total. The Hall–Kier alpha value is -0.0800. The third-order valence-corrected chi connectivity index (χ3v) is 4.68. The minimum Gasteiger partial charge on any atom is -0.393 e. The molecular formula is C12H21NO. The summed E-state index contributed by atoms with van der Waals surface area (Å²) in [6.07, 6.45) is 5.30. The van der Waals surface area contributed by atoms with Gasteiger partial charge in [-0.05, 0) is 62.8 Å². The third-order valence-electron chi connectivity index (χ3n) is 4.68. The number of aliphatic hydroxyl groups is 1. The molecule has 3 aliphatic carbocycles. The molecule has 0 spiro atoms. The van der Waals surface area contributed by atoms with Gasteiger partial charge in [-0.15, -0.1) is 0 Å².